The lowest BCUT2D eigenvalue weighted by Gasteiger charge is -2.41. The topological polar surface area (TPSA) is 175 Å². The Balaban J connectivity index is 2.69. The Morgan fingerprint density at radius 3 is 1.46 bits per heavy atom. The number of amides is 1. The predicted molar refractivity (Wildman–Crippen MR) is 305 cm³/mol. The van der Waals surface area contributed by atoms with Gasteiger partial charge in [-0.15, -0.1) is 0 Å². The molecule has 1 heterocycles. The predicted octanol–water partition coefficient (Wildman–Crippen LogP) is 13.6. The third-order valence-corrected chi connectivity index (χ3v) is 13.2. The number of allylic oxidation sites excluding steroid dienone is 15. The summed E-state index contributed by atoms with van der Waals surface area (Å²) in [4.78, 5) is 26.5. The molecule has 0 bridgehead atoms. The van der Waals surface area contributed by atoms with Crippen molar-refractivity contribution in [2.75, 3.05) is 13.2 Å². The fourth-order valence-electron chi connectivity index (χ4n) is 8.60. The smallest absolute Gasteiger partial charge is 0.306 e. The molecule has 0 aromatic heterocycles. The van der Waals surface area contributed by atoms with Crippen molar-refractivity contribution in [1.29, 1.82) is 0 Å². The molecule has 1 amide bonds. The number of hydrogen-bond acceptors (Lipinski definition) is 10. The van der Waals surface area contributed by atoms with Crippen LogP contribution in [0.4, 0.5) is 0 Å². The molecule has 424 valence electrons. The second kappa shape index (κ2) is 50.4. The molecule has 1 aliphatic heterocycles. The van der Waals surface area contributed by atoms with E-state index in [9.17, 15) is 35.1 Å². The largest absolute Gasteiger partial charge is 0.454 e. The number of carbonyl (C=O) groups excluding carboxylic acids is 2. The van der Waals surface area contributed by atoms with Crippen molar-refractivity contribution in [3.05, 3.63) is 97.2 Å². The zero-order valence-corrected chi connectivity index (χ0v) is 46.7. The number of nitrogens with one attached hydrogen (secondary N) is 1. The first-order valence-corrected chi connectivity index (χ1v) is 29.5. The van der Waals surface area contributed by atoms with Gasteiger partial charge in [-0.1, -0.05) is 221 Å². The summed E-state index contributed by atoms with van der Waals surface area (Å²) in [7, 11) is 0. The third kappa shape index (κ3) is 38.2. The van der Waals surface area contributed by atoms with Gasteiger partial charge in [-0.25, -0.2) is 0 Å². The lowest BCUT2D eigenvalue weighted by atomic mass is 9.99. The second-order valence-corrected chi connectivity index (χ2v) is 20.0. The first-order chi connectivity index (χ1) is 36.2. The molecule has 0 aromatic carbocycles. The van der Waals surface area contributed by atoms with Crippen molar-refractivity contribution in [2.45, 2.75) is 275 Å². The lowest BCUT2D eigenvalue weighted by molar-refractivity contribution is -0.305. The Kier molecular flexibility index (Phi) is 46.7. The Bertz CT molecular complexity index is 1570. The van der Waals surface area contributed by atoms with E-state index < -0.39 is 67.4 Å². The fraction of sp³-hybridized carbons (Fsp3) is 0.714. The molecule has 1 rings (SSSR count). The molecule has 6 N–H and O–H groups in total. The Hall–Kier alpha value is -3.42. The van der Waals surface area contributed by atoms with Gasteiger partial charge in [0.1, 0.15) is 24.4 Å². The molecule has 0 aromatic rings. The van der Waals surface area contributed by atoms with Crippen LogP contribution in [0.15, 0.2) is 97.2 Å². The summed E-state index contributed by atoms with van der Waals surface area (Å²) in [6, 6.07) is -1.04. The molecular formula is C63H107NO10. The van der Waals surface area contributed by atoms with Crippen LogP contribution in [-0.2, 0) is 23.8 Å². The standard InChI is InChI=1S/C63H107NO10/c1-4-7-10-13-16-19-22-24-25-26-27-28-29-30-31-33-36-39-42-45-48-51-58(68)74-61-60(70)59(69)57(52-65)73-63(61)72-53-54(55(66)49-46-43-40-37-34-21-18-15-12-9-6-3)64-62(71)56(67)50-47-44-41-38-35-32-23-20-17-14-11-8-5-2/h7-8,10-11,16-17,19-20,24-25,27-28,30-31,46,49,54-57,59-61,63,65-67,69-70H,4-6,9,12-15,18,21-23,26,29,32-45,47-48,50-53H2,1-3H3,(H,64,71)/b10-7-,11-8+,19-16-,20-17+,25-24-,28-27-,31-30-,49-46+. The van der Waals surface area contributed by atoms with Gasteiger partial charge in [0.25, 0.3) is 0 Å². The van der Waals surface area contributed by atoms with E-state index in [-0.39, 0.29) is 19.4 Å². The van der Waals surface area contributed by atoms with Crippen LogP contribution >= 0.6 is 0 Å². The van der Waals surface area contributed by atoms with E-state index in [0.29, 0.717) is 12.8 Å². The summed E-state index contributed by atoms with van der Waals surface area (Å²) in [5, 5.41) is 56.8. The maximum Gasteiger partial charge on any atom is 0.306 e. The van der Waals surface area contributed by atoms with Crippen LogP contribution in [0, 0.1) is 0 Å². The number of aliphatic hydroxyl groups excluding tert-OH is 5. The van der Waals surface area contributed by atoms with Gasteiger partial charge >= 0.3 is 5.97 Å². The first kappa shape index (κ1) is 68.6. The Morgan fingerprint density at radius 2 is 0.973 bits per heavy atom. The quantitative estimate of drug-likeness (QED) is 0.0195. The molecule has 0 spiro atoms. The van der Waals surface area contributed by atoms with Gasteiger partial charge in [0.15, 0.2) is 12.4 Å². The molecular weight excluding hydrogens is 931 g/mol. The van der Waals surface area contributed by atoms with Crippen LogP contribution in [0.5, 0.6) is 0 Å². The van der Waals surface area contributed by atoms with Crippen molar-refractivity contribution in [3.8, 4) is 0 Å². The van der Waals surface area contributed by atoms with E-state index in [2.05, 4.69) is 111 Å². The number of esters is 1. The summed E-state index contributed by atoms with van der Waals surface area (Å²) in [6.07, 6.45) is 55.9. The molecule has 74 heavy (non-hydrogen) atoms. The van der Waals surface area contributed by atoms with Crippen LogP contribution in [0.3, 0.4) is 0 Å². The molecule has 8 atom stereocenters. The molecule has 0 aliphatic carbocycles. The minimum absolute atomic E-state index is 0.0955. The highest BCUT2D eigenvalue weighted by atomic mass is 16.7. The lowest BCUT2D eigenvalue weighted by Crippen LogP contribution is -2.61. The molecule has 11 nitrogen and oxygen atoms in total. The normalized spacial score (nSPS) is 20.0. The number of aliphatic hydroxyl groups is 5. The van der Waals surface area contributed by atoms with Gasteiger partial charge in [-0.05, 0) is 96.3 Å². The van der Waals surface area contributed by atoms with E-state index >= 15 is 0 Å². The minimum Gasteiger partial charge on any atom is -0.454 e. The van der Waals surface area contributed by atoms with E-state index in [4.69, 9.17) is 14.2 Å². The summed E-state index contributed by atoms with van der Waals surface area (Å²) < 4.78 is 17.6. The average Bonchev–Trinajstić information content (AvgIpc) is 3.40. The number of carbonyl (C=O) groups is 2. The summed E-state index contributed by atoms with van der Waals surface area (Å²) >= 11 is 0. The maximum absolute atomic E-state index is 13.4. The highest BCUT2D eigenvalue weighted by molar-refractivity contribution is 5.80. The number of ether oxygens (including phenoxy) is 3. The summed E-state index contributed by atoms with van der Waals surface area (Å²) in [6.45, 7) is 5.52. The Labute approximate surface area is 450 Å². The van der Waals surface area contributed by atoms with Crippen molar-refractivity contribution in [3.63, 3.8) is 0 Å². The van der Waals surface area contributed by atoms with Gasteiger partial charge in [-0.2, -0.15) is 0 Å². The average molecular weight is 1040 g/mol. The van der Waals surface area contributed by atoms with E-state index in [1.165, 1.54) is 38.5 Å². The Morgan fingerprint density at radius 1 is 0.541 bits per heavy atom. The fourth-order valence-corrected chi connectivity index (χ4v) is 8.60. The van der Waals surface area contributed by atoms with E-state index in [1.54, 1.807) is 6.08 Å². The van der Waals surface area contributed by atoms with Gasteiger partial charge in [0, 0.05) is 6.42 Å². The van der Waals surface area contributed by atoms with Gasteiger partial charge in [-0.3, -0.25) is 9.59 Å². The van der Waals surface area contributed by atoms with Crippen LogP contribution in [0.1, 0.15) is 226 Å². The zero-order valence-electron chi connectivity index (χ0n) is 46.7. The molecule has 1 fully saturated rings. The SMILES string of the molecule is CC/C=C\C/C=C\C/C=C\C/C=C\C/C=C\CCCCCCCC(=O)OC1C(OCC(NC(=O)C(O)CCCCCCCC/C=C/C/C=C/CC)C(O)/C=C/CCCCCCCCCCC)OC(CO)C(O)C1O. The number of rotatable bonds is 48. The minimum atomic E-state index is -1.63. The number of unbranched alkanes of at least 4 members (excludes halogenated alkanes) is 20. The molecule has 11 heteroatoms. The molecule has 1 aliphatic rings. The van der Waals surface area contributed by atoms with Gasteiger partial charge in [0.2, 0.25) is 5.91 Å². The van der Waals surface area contributed by atoms with Crippen molar-refractivity contribution < 1.29 is 49.3 Å². The van der Waals surface area contributed by atoms with Crippen LogP contribution in [0.25, 0.3) is 0 Å². The third-order valence-electron chi connectivity index (χ3n) is 13.2. The zero-order chi connectivity index (χ0) is 54.0. The highest BCUT2D eigenvalue weighted by Gasteiger charge is 2.47. The van der Waals surface area contributed by atoms with Crippen LogP contribution < -0.4 is 5.32 Å². The van der Waals surface area contributed by atoms with Crippen molar-refractivity contribution in [2.24, 2.45) is 0 Å². The van der Waals surface area contributed by atoms with E-state index in [1.807, 2.05) is 6.08 Å². The molecule has 8 unspecified atom stereocenters. The molecule has 0 saturated carbocycles. The maximum atomic E-state index is 13.4. The molecule has 1 saturated heterocycles. The van der Waals surface area contributed by atoms with Crippen LogP contribution in [-0.4, -0.2) is 99.6 Å². The number of hydrogen-bond donors (Lipinski definition) is 6. The summed E-state index contributed by atoms with van der Waals surface area (Å²) in [5.74, 6) is -1.23. The molecule has 0 radical (unpaired) electrons. The van der Waals surface area contributed by atoms with Crippen molar-refractivity contribution in [1.82, 2.24) is 5.32 Å². The highest BCUT2D eigenvalue weighted by Crippen LogP contribution is 2.26. The van der Waals surface area contributed by atoms with Crippen molar-refractivity contribution >= 4 is 11.9 Å². The van der Waals surface area contributed by atoms with Gasteiger partial charge < -0.3 is 45.1 Å². The first-order valence-electron chi connectivity index (χ1n) is 29.5. The summed E-state index contributed by atoms with van der Waals surface area (Å²) in [5.41, 5.74) is 0. The van der Waals surface area contributed by atoms with E-state index in [0.717, 1.165) is 141 Å². The van der Waals surface area contributed by atoms with Crippen LogP contribution in [0.2, 0.25) is 0 Å². The second-order valence-electron chi connectivity index (χ2n) is 20.0. The monoisotopic (exact) mass is 1040 g/mol. The van der Waals surface area contributed by atoms with Gasteiger partial charge in [0.05, 0.1) is 25.4 Å².